The van der Waals surface area contributed by atoms with Crippen LogP contribution in [0.4, 0.5) is 5.69 Å². The standard InChI is InChI=1S/C18H21Cl3N4O2/c1-24(2)18(5-7-27-8-6-18)11-22-15-4-3-12(9-13(15)19)25-17(26)16(21)14(20)10-23-25/h3-4,9-10,22H,5-8,11H2,1-2H3. The largest absolute Gasteiger partial charge is 0.382 e. The molecule has 1 N–H and O–H groups in total. The van der Waals surface area contributed by atoms with Crippen molar-refractivity contribution in [1.29, 1.82) is 0 Å². The minimum atomic E-state index is -0.491. The first kappa shape index (κ1) is 20.4. The molecule has 1 aromatic carbocycles. The van der Waals surface area contributed by atoms with Crippen molar-refractivity contribution < 1.29 is 4.74 Å². The molecule has 1 aliphatic heterocycles. The number of nitrogens with zero attached hydrogens (tertiary/aromatic N) is 3. The van der Waals surface area contributed by atoms with Gasteiger partial charge in [-0.3, -0.25) is 4.79 Å². The molecule has 0 radical (unpaired) electrons. The van der Waals surface area contributed by atoms with E-state index in [9.17, 15) is 4.79 Å². The predicted octanol–water partition coefficient (Wildman–Crippen LogP) is 3.72. The average Bonchev–Trinajstić information content (AvgIpc) is 2.66. The summed E-state index contributed by atoms with van der Waals surface area (Å²) < 4.78 is 6.67. The number of aromatic nitrogens is 2. The molecule has 1 aliphatic rings. The molecule has 9 heteroatoms. The van der Waals surface area contributed by atoms with Gasteiger partial charge in [-0.1, -0.05) is 34.8 Å². The van der Waals surface area contributed by atoms with Crippen LogP contribution in [0.3, 0.4) is 0 Å². The van der Waals surface area contributed by atoms with Gasteiger partial charge >= 0.3 is 0 Å². The van der Waals surface area contributed by atoms with Crippen molar-refractivity contribution in [3.63, 3.8) is 0 Å². The Morgan fingerprint density at radius 1 is 1.22 bits per heavy atom. The molecule has 0 spiro atoms. The van der Waals surface area contributed by atoms with E-state index in [0.717, 1.165) is 38.3 Å². The zero-order valence-corrected chi connectivity index (χ0v) is 17.4. The van der Waals surface area contributed by atoms with Gasteiger partial charge in [0.25, 0.3) is 5.56 Å². The second kappa shape index (κ2) is 8.37. The molecule has 146 valence electrons. The molecule has 2 aromatic rings. The number of nitrogens with one attached hydrogen (secondary N) is 1. The van der Waals surface area contributed by atoms with Crippen LogP contribution < -0.4 is 10.9 Å². The van der Waals surface area contributed by atoms with Crippen LogP contribution in [0.2, 0.25) is 15.1 Å². The first-order chi connectivity index (χ1) is 12.8. The van der Waals surface area contributed by atoms with Gasteiger partial charge in [-0.05, 0) is 45.1 Å². The van der Waals surface area contributed by atoms with Crippen molar-refractivity contribution in [3.8, 4) is 5.69 Å². The highest BCUT2D eigenvalue weighted by atomic mass is 35.5. The fourth-order valence-corrected chi connectivity index (χ4v) is 3.66. The smallest absolute Gasteiger partial charge is 0.291 e. The summed E-state index contributed by atoms with van der Waals surface area (Å²) in [5.41, 5.74) is 0.834. The molecule has 0 unspecified atom stereocenters. The number of ether oxygens (including phenoxy) is 1. The van der Waals surface area contributed by atoms with E-state index in [0.29, 0.717) is 10.7 Å². The van der Waals surface area contributed by atoms with Gasteiger partial charge in [0.15, 0.2) is 0 Å². The Morgan fingerprint density at radius 2 is 1.93 bits per heavy atom. The van der Waals surface area contributed by atoms with Gasteiger partial charge in [-0.2, -0.15) is 9.78 Å². The van der Waals surface area contributed by atoms with Crippen molar-refractivity contribution in [2.75, 3.05) is 39.2 Å². The summed E-state index contributed by atoms with van der Waals surface area (Å²) in [6.07, 6.45) is 3.23. The number of anilines is 1. The molecule has 3 rings (SSSR count). The third-order valence-corrected chi connectivity index (χ3v) is 6.11. The highest BCUT2D eigenvalue weighted by molar-refractivity contribution is 6.41. The Balaban J connectivity index is 1.81. The molecule has 27 heavy (non-hydrogen) atoms. The minimum Gasteiger partial charge on any atom is -0.382 e. The van der Waals surface area contributed by atoms with Gasteiger partial charge in [-0.15, -0.1) is 0 Å². The normalized spacial score (nSPS) is 16.5. The van der Waals surface area contributed by atoms with Gasteiger partial charge in [0, 0.05) is 25.3 Å². The lowest BCUT2D eigenvalue weighted by Gasteiger charge is -2.43. The Kier molecular flexibility index (Phi) is 6.33. The molecular weight excluding hydrogens is 411 g/mol. The monoisotopic (exact) mass is 430 g/mol. The van der Waals surface area contributed by atoms with E-state index >= 15 is 0 Å². The quantitative estimate of drug-likeness (QED) is 0.782. The summed E-state index contributed by atoms with van der Waals surface area (Å²) in [7, 11) is 4.17. The number of rotatable bonds is 5. The van der Waals surface area contributed by atoms with Gasteiger partial charge < -0.3 is 15.0 Å². The van der Waals surface area contributed by atoms with E-state index < -0.39 is 5.56 Å². The number of hydrogen-bond donors (Lipinski definition) is 1. The topological polar surface area (TPSA) is 59.4 Å². The fourth-order valence-electron chi connectivity index (χ4n) is 3.17. The summed E-state index contributed by atoms with van der Waals surface area (Å²) >= 11 is 18.2. The third kappa shape index (κ3) is 4.25. The van der Waals surface area contributed by atoms with E-state index in [4.69, 9.17) is 39.5 Å². The van der Waals surface area contributed by atoms with E-state index in [1.807, 2.05) is 6.07 Å². The van der Waals surface area contributed by atoms with Crippen molar-refractivity contribution in [2.24, 2.45) is 0 Å². The maximum Gasteiger partial charge on any atom is 0.291 e. The molecule has 2 heterocycles. The third-order valence-electron chi connectivity index (χ3n) is 5.05. The molecular formula is C18H21Cl3N4O2. The van der Waals surface area contributed by atoms with Crippen LogP contribution in [0.1, 0.15) is 12.8 Å². The maximum atomic E-state index is 12.2. The lowest BCUT2D eigenvalue weighted by atomic mass is 9.88. The molecule has 1 fully saturated rings. The number of likely N-dealkylation sites (N-methyl/N-ethyl adjacent to an activating group) is 1. The van der Waals surface area contributed by atoms with Crippen LogP contribution >= 0.6 is 34.8 Å². The van der Waals surface area contributed by atoms with Crippen LogP contribution in [0, 0.1) is 0 Å². The summed E-state index contributed by atoms with van der Waals surface area (Å²) in [4.78, 5) is 14.5. The predicted molar refractivity (Wildman–Crippen MR) is 110 cm³/mol. The average molecular weight is 432 g/mol. The second-order valence-electron chi connectivity index (χ2n) is 6.77. The van der Waals surface area contributed by atoms with E-state index in [-0.39, 0.29) is 15.6 Å². The lowest BCUT2D eigenvalue weighted by Crippen LogP contribution is -2.53. The lowest BCUT2D eigenvalue weighted by molar-refractivity contribution is -0.000626. The van der Waals surface area contributed by atoms with Crippen molar-refractivity contribution in [3.05, 3.63) is 49.8 Å². The molecule has 1 saturated heterocycles. The summed E-state index contributed by atoms with van der Waals surface area (Å²) in [5, 5.41) is 8.00. The Morgan fingerprint density at radius 3 is 2.56 bits per heavy atom. The second-order valence-corrected chi connectivity index (χ2v) is 7.96. The maximum absolute atomic E-state index is 12.2. The minimum absolute atomic E-state index is 0.0163. The van der Waals surface area contributed by atoms with Crippen molar-refractivity contribution in [1.82, 2.24) is 14.7 Å². The molecule has 0 saturated carbocycles. The van der Waals surface area contributed by atoms with Crippen LogP contribution in [0.5, 0.6) is 0 Å². The zero-order chi connectivity index (χ0) is 19.6. The summed E-state index contributed by atoms with van der Waals surface area (Å²) in [6, 6.07) is 5.27. The molecule has 0 amide bonds. The summed E-state index contributed by atoms with van der Waals surface area (Å²) in [5.74, 6) is 0. The molecule has 1 aromatic heterocycles. The zero-order valence-electron chi connectivity index (χ0n) is 15.1. The van der Waals surface area contributed by atoms with Crippen LogP contribution in [0.25, 0.3) is 5.69 Å². The van der Waals surface area contributed by atoms with Gasteiger partial charge in [0.1, 0.15) is 5.02 Å². The van der Waals surface area contributed by atoms with Crippen molar-refractivity contribution in [2.45, 2.75) is 18.4 Å². The van der Waals surface area contributed by atoms with E-state index in [1.54, 1.807) is 12.1 Å². The Labute approximate surface area is 173 Å². The Hall–Kier alpha value is -1.31. The Bertz CT molecular complexity index is 879. The first-order valence-electron chi connectivity index (χ1n) is 8.56. The van der Waals surface area contributed by atoms with Crippen LogP contribution in [-0.4, -0.2) is 54.1 Å². The molecule has 0 bridgehead atoms. The molecule has 6 nitrogen and oxygen atoms in total. The van der Waals surface area contributed by atoms with E-state index in [1.165, 1.54) is 10.9 Å². The number of halogens is 3. The van der Waals surface area contributed by atoms with E-state index in [2.05, 4.69) is 29.4 Å². The number of hydrogen-bond acceptors (Lipinski definition) is 5. The molecule has 0 aliphatic carbocycles. The SMILES string of the molecule is CN(C)C1(CNc2ccc(-n3ncc(Cl)c(Cl)c3=O)cc2Cl)CCOCC1. The van der Waals surface area contributed by atoms with Gasteiger partial charge in [0.05, 0.1) is 27.6 Å². The van der Waals surface area contributed by atoms with Gasteiger partial charge in [0.2, 0.25) is 0 Å². The fraction of sp³-hybridized carbons (Fsp3) is 0.444. The summed E-state index contributed by atoms with van der Waals surface area (Å²) in [6.45, 7) is 2.24. The molecule has 0 atom stereocenters. The number of benzene rings is 1. The highest BCUT2D eigenvalue weighted by Crippen LogP contribution is 2.29. The van der Waals surface area contributed by atoms with Gasteiger partial charge in [-0.25, -0.2) is 0 Å². The van der Waals surface area contributed by atoms with Crippen LogP contribution in [0.15, 0.2) is 29.2 Å². The van der Waals surface area contributed by atoms with Crippen molar-refractivity contribution >= 4 is 40.5 Å². The van der Waals surface area contributed by atoms with Crippen LogP contribution in [-0.2, 0) is 4.74 Å². The highest BCUT2D eigenvalue weighted by Gasteiger charge is 2.34. The first-order valence-corrected chi connectivity index (χ1v) is 9.70.